The van der Waals surface area contributed by atoms with Crippen molar-refractivity contribution in [1.29, 1.82) is 0 Å². The second kappa shape index (κ2) is 4.93. The van der Waals surface area contributed by atoms with Crippen LogP contribution in [0.1, 0.15) is 25.1 Å². The molecule has 1 aromatic heterocycles. The molecule has 2 rings (SSSR count). The summed E-state index contributed by atoms with van der Waals surface area (Å²) in [6.45, 7) is 2.37. The minimum absolute atomic E-state index is 0.131. The van der Waals surface area contributed by atoms with E-state index in [0.717, 1.165) is 19.3 Å². The summed E-state index contributed by atoms with van der Waals surface area (Å²) >= 11 is 0. The Morgan fingerprint density at radius 3 is 2.89 bits per heavy atom. The van der Waals surface area contributed by atoms with Crippen molar-refractivity contribution in [1.82, 2.24) is 9.55 Å². The van der Waals surface area contributed by atoms with Crippen LogP contribution in [0.4, 0.5) is 11.6 Å². The Labute approximate surface area is 105 Å². The minimum Gasteiger partial charge on any atom is -0.393 e. The molecule has 0 radical (unpaired) electrons. The van der Waals surface area contributed by atoms with E-state index >= 15 is 0 Å². The largest absolute Gasteiger partial charge is 0.406 e. The van der Waals surface area contributed by atoms with Crippen LogP contribution in [0, 0.1) is 23.0 Å². The van der Waals surface area contributed by atoms with Gasteiger partial charge in [0.1, 0.15) is 0 Å². The molecule has 2 unspecified atom stereocenters. The highest BCUT2D eigenvalue weighted by atomic mass is 16.6. The molecule has 1 fully saturated rings. The van der Waals surface area contributed by atoms with Crippen molar-refractivity contribution in [3.63, 3.8) is 0 Å². The maximum atomic E-state index is 10.9. The molecule has 7 nitrogen and oxygen atoms in total. The van der Waals surface area contributed by atoms with Crippen LogP contribution >= 0.6 is 0 Å². The Morgan fingerprint density at radius 2 is 2.33 bits per heavy atom. The molecule has 1 aromatic rings. The molecule has 18 heavy (non-hydrogen) atoms. The standard InChI is InChI=1S/C11H18N4O3/c1-7-13-11(15(17)18)10(14(7)2)12-6-8-3-4-9(16)5-8/h8-9,12,16H,3-6H2,1-2H3. The van der Waals surface area contributed by atoms with E-state index in [1.54, 1.807) is 18.5 Å². The van der Waals surface area contributed by atoms with Gasteiger partial charge in [0.15, 0.2) is 0 Å². The highest BCUT2D eigenvalue weighted by molar-refractivity contribution is 5.53. The van der Waals surface area contributed by atoms with Crippen molar-refractivity contribution in [3.8, 4) is 0 Å². The summed E-state index contributed by atoms with van der Waals surface area (Å²) in [7, 11) is 1.75. The van der Waals surface area contributed by atoms with E-state index in [1.165, 1.54) is 0 Å². The predicted molar refractivity (Wildman–Crippen MR) is 66.4 cm³/mol. The summed E-state index contributed by atoms with van der Waals surface area (Å²) in [5, 5.41) is 23.4. The van der Waals surface area contributed by atoms with Crippen molar-refractivity contribution in [2.45, 2.75) is 32.3 Å². The molecular formula is C11H18N4O3. The van der Waals surface area contributed by atoms with Gasteiger partial charge in [0, 0.05) is 20.5 Å². The lowest BCUT2D eigenvalue weighted by atomic mass is 10.1. The molecule has 0 saturated heterocycles. The second-order valence-electron chi connectivity index (χ2n) is 4.86. The van der Waals surface area contributed by atoms with Gasteiger partial charge in [0.05, 0.1) is 6.10 Å². The van der Waals surface area contributed by atoms with Crippen molar-refractivity contribution >= 4 is 11.6 Å². The van der Waals surface area contributed by atoms with Gasteiger partial charge in [0.25, 0.3) is 0 Å². The molecule has 1 heterocycles. The van der Waals surface area contributed by atoms with Gasteiger partial charge in [0.2, 0.25) is 11.6 Å². The van der Waals surface area contributed by atoms with Gasteiger partial charge in [-0.2, -0.15) is 0 Å². The van der Waals surface area contributed by atoms with E-state index in [9.17, 15) is 15.2 Å². The first-order valence-electron chi connectivity index (χ1n) is 6.08. The molecule has 2 atom stereocenters. The number of hydrogen-bond acceptors (Lipinski definition) is 5. The maximum absolute atomic E-state index is 10.9. The van der Waals surface area contributed by atoms with Crippen LogP contribution in [0.5, 0.6) is 0 Å². The Hall–Kier alpha value is -1.63. The van der Waals surface area contributed by atoms with E-state index < -0.39 is 4.92 Å². The lowest BCUT2D eigenvalue weighted by Crippen LogP contribution is -2.15. The monoisotopic (exact) mass is 254 g/mol. The molecule has 100 valence electrons. The SMILES string of the molecule is Cc1nc([N+](=O)[O-])c(NCC2CCC(O)C2)n1C. The molecule has 7 heteroatoms. The van der Waals surface area contributed by atoms with Crippen molar-refractivity contribution in [3.05, 3.63) is 15.9 Å². The molecular weight excluding hydrogens is 236 g/mol. The van der Waals surface area contributed by atoms with E-state index in [0.29, 0.717) is 24.1 Å². The molecule has 1 aliphatic rings. The number of hydrogen-bond donors (Lipinski definition) is 2. The second-order valence-corrected chi connectivity index (χ2v) is 4.86. The first kappa shape index (κ1) is 12.8. The Kier molecular flexibility index (Phi) is 3.51. The number of nitro groups is 1. The average molecular weight is 254 g/mol. The molecule has 0 aromatic carbocycles. The van der Waals surface area contributed by atoms with Crippen molar-refractivity contribution in [2.24, 2.45) is 13.0 Å². The first-order chi connectivity index (χ1) is 8.49. The quantitative estimate of drug-likeness (QED) is 0.622. The highest BCUT2D eigenvalue weighted by Gasteiger charge is 2.26. The lowest BCUT2D eigenvalue weighted by Gasteiger charge is -2.11. The summed E-state index contributed by atoms with van der Waals surface area (Å²) in [6.07, 6.45) is 2.31. The van der Waals surface area contributed by atoms with E-state index in [4.69, 9.17) is 0 Å². The van der Waals surface area contributed by atoms with E-state index in [1.807, 2.05) is 0 Å². The highest BCUT2D eigenvalue weighted by Crippen LogP contribution is 2.28. The van der Waals surface area contributed by atoms with Crippen LogP contribution < -0.4 is 5.32 Å². The van der Waals surface area contributed by atoms with Crippen LogP contribution in [0.3, 0.4) is 0 Å². The topological polar surface area (TPSA) is 93.2 Å². The molecule has 2 N–H and O–H groups in total. The van der Waals surface area contributed by atoms with Crippen molar-refractivity contribution in [2.75, 3.05) is 11.9 Å². The fourth-order valence-electron chi connectivity index (χ4n) is 2.39. The number of aromatic nitrogens is 2. The predicted octanol–water partition coefficient (Wildman–Crippen LogP) is 1.21. The zero-order valence-electron chi connectivity index (χ0n) is 10.6. The summed E-state index contributed by atoms with van der Waals surface area (Å²) in [6, 6.07) is 0. The molecule has 0 bridgehead atoms. The summed E-state index contributed by atoms with van der Waals surface area (Å²) in [5.74, 6) is 1.29. The Balaban J connectivity index is 2.06. The number of nitrogens with zero attached hydrogens (tertiary/aromatic N) is 3. The Bertz CT molecular complexity index is 457. The van der Waals surface area contributed by atoms with E-state index in [-0.39, 0.29) is 11.9 Å². The summed E-state index contributed by atoms with van der Waals surface area (Å²) < 4.78 is 1.68. The zero-order chi connectivity index (χ0) is 13.3. The molecule has 0 amide bonds. The number of anilines is 1. The van der Waals surface area contributed by atoms with Crippen molar-refractivity contribution < 1.29 is 10.0 Å². The number of aliphatic hydroxyl groups excluding tert-OH is 1. The maximum Gasteiger partial charge on any atom is 0.406 e. The number of aryl methyl sites for hydroxylation is 1. The first-order valence-corrected chi connectivity index (χ1v) is 6.08. The van der Waals surface area contributed by atoms with Gasteiger partial charge in [-0.25, -0.2) is 0 Å². The van der Waals surface area contributed by atoms with Gasteiger partial charge in [-0.15, -0.1) is 0 Å². The number of nitrogens with one attached hydrogen (secondary N) is 1. The third-order valence-corrected chi connectivity index (χ3v) is 3.54. The minimum atomic E-state index is -0.473. The molecule has 0 spiro atoms. The van der Waals surface area contributed by atoms with Gasteiger partial charge in [-0.3, -0.25) is 4.57 Å². The van der Waals surface area contributed by atoms with E-state index in [2.05, 4.69) is 10.3 Å². The summed E-state index contributed by atoms with van der Waals surface area (Å²) in [4.78, 5) is 14.3. The normalized spacial score (nSPS) is 23.3. The fraction of sp³-hybridized carbons (Fsp3) is 0.727. The Morgan fingerprint density at radius 1 is 1.61 bits per heavy atom. The van der Waals surface area contributed by atoms with Crippen LogP contribution in [0.15, 0.2) is 0 Å². The van der Waals surface area contributed by atoms with Gasteiger partial charge in [-0.05, 0) is 35.1 Å². The average Bonchev–Trinajstić information content (AvgIpc) is 2.83. The van der Waals surface area contributed by atoms with Gasteiger partial charge >= 0.3 is 5.82 Å². The van der Waals surface area contributed by atoms with Crippen LogP contribution in [0.2, 0.25) is 0 Å². The summed E-state index contributed by atoms with van der Waals surface area (Å²) in [5.41, 5.74) is 0. The third-order valence-electron chi connectivity index (χ3n) is 3.54. The van der Waals surface area contributed by atoms with Crippen LogP contribution in [-0.4, -0.2) is 32.2 Å². The zero-order valence-corrected chi connectivity index (χ0v) is 10.6. The van der Waals surface area contributed by atoms with Crippen LogP contribution in [0.25, 0.3) is 0 Å². The smallest absolute Gasteiger partial charge is 0.393 e. The number of imidazole rings is 1. The number of aliphatic hydroxyl groups is 1. The van der Waals surface area contributed by atoms with Gasteiger partial charge < -0.3 is 20.5 Å². The molecule has 0 aliphatic heterocycles. The third kappa shape index (κ3) is 2.45. The number of rotatable bonds is 4. The lowest BCUT2D eigenvalue weighted by molar-refractivity contribution is -0.388. The molecule has 1 aliphatic carbocycles. The van der Waals surface area contributed by atoms with Gasteiger partial charge in [-0.1, -0.05) is 0 Å². The van der Waals surface area contributed by atoms with Crippen LogP contribution in [-0.2, 0) is 7.05 Å². The fourth-order valence-corrected chi connectivity index (χ4v) is 2.39. The molecule has 1 saturated carbocycles.